The smallest absolute Gasteiger partial charge is 0.395 e. The number of phosphoric ester groups is 2. The molecular formula is C20H28O7P2. The summed E-state index contributed by atoms with van der Waals surface area (Å²) >= 11 is 0. The van der Waals surface area contributed by atoms with Crippen molar-refractivity contribution in [2.45, 2.75) is 45.4 Å². The summed E-state index contributed by atoms with van der Waals surface area (Å²) in [6, 6.07) is 16.3. The minimum absolute atomic E-state index is 0.0105. The third-order valence-corrected chi connectivity index (χ3v) is 6.88. The normalized spacial score (nSPS) is 13.6. The molecule has 1 N–H and O–H groups in total. The summed E-state index contributed by atoms with van der Waals surface area (Å²) in [4.78, 5) is 10.0. The number of para-hydroxylation sites is 2. The van der Waals surface area contributed by atoms with Gasteiger partial charge in [0, 0.05) is 0 Å². The van der Waals surface area contributed by atoms with Crippen LogP contribution >= 0.6 is 15.6 Å². The van der Waals surface area contributed by atoms with Crippen molar-refractivity contribution in [2.75, 3.05) is 6.61 Å². The van der Waals surface area contributed by atoms with E-state index in [1.165, 1.54) is 30.7 Å². The highest BCUT2D eigenvalue weighted by Crippen LogP contribution is 2.62. The maximum atomic E-state index is 13.1. The van der Waals surface area contributed by atoms with Crippen molar-refractivity contribution in [2.24, 2.45) is 0 Å². The van der Waals surface area contributed by atoms with Gasteiger partial charge >= 0.3 is 15.6 Å². The monoisotopic (exact) mass is 442 g/mol. The van der Waals surface area contributed by atoms with Crippen molar-refractivity contribution in [3.05, 3.63) is 60.7 Å². The van der Waals surface area contributed by atoms with Crippen LogP contribution in [0.2, 0.25) is 0 Å². The second-order valence-corrected chi connectivity index (χ2v) is 9.52. The van der Waals surface area contributed by atoms with E-state index in [9.17, 15) is 14.0 Å². The van der Waals surface area contributed by atoms with Gasteiger partial charge in [-0.05, 0) is 30.7 Å². The Morgan fingerprint density at radius 1 is 0.759 bits per heavy atom. The summed E-state index contributed by atoms with van der Waals surface area (Å²) < 4.78 is 45.9. The van der Waals surface area contributed by atoms with Gasteiger partial charge in [-0.25, -0.2) is 9.13 Å². The summed E-state index contributed by atoms with van der Waals surface area (Å²) in [5, 5.41) is 0. The molecule has 0 saturated carbocycles. The van der Waals surface area contributed by atoms with Crippen LogP contribution in [0.25, 0.3) is 0 Å². The van der Waals surface area contributed by atoms with E-state index >= 15 is 0 Å². The fraction of sp³-hybridized carbons (Fsp3) is 0.400. The average molecular weight is 442 g/mol. The largest absolute Gasteiger partial charge is 0.596 e. The number of rotatable bonds is 14. The number of unbranched alkanes of at least 4 members (excludes halogenated alkanes) is 5. The molecule has 0 bridgehead atoms. The van der Waals surface area contributed by atoms with Crippen molar-refractivity contribution < 1.29 is 31.9 Å². The van der Waals surface area contributed by atoms with Gasteiger partial charge in [-0.3, -0.25) is 4.52 Å². The lowest BCUT2D eigenvalue weighted by atomic mass is 10.1. The fourth-order valence-electron chi connectivity index (χ4n) is 2.49. The average Bonchev–Trinajstić information content (AvgIpc) is 2.68. The van der Waals surface area contributed by atoms with Gasteiger partial charge in [0.2, 0.25) is 0 Å². The summed E-state index contributed by atoms with van der Waals surface area (Å²) in [7, 11) is -9.16. The molecule has 0 radical (unpaired) electrons. The Kier molecular flexibility index (Phi) is 9.92. The molecule has 2 rings (SSSR count). The summed E-state index contributed by atoms with van der Waals surface area (Å²) in [5.74, 6) is 0.338. The number of benzene rings is 2. The SMILES string of the molecule is CCCCCCCCOP(=O)(O)OP(=O)(Oc1ccccc1)Oc1ccccc1. The first kappa shape index (κ1) is 23.7. The second kappa shape index (κ2) is 12.2. The van der Waals surface area contributed by atoms with Crippen LogP contribution in [0, 0.1) is 0 Å². The van der Waals surface area contributed by atoms with E-state index in [1.807, 2.05) is 0 Å². The Balaban J connectivity index is 1.98. The lowest BCUT2D eigenvalue weighted by molar-refractivity contribution is 0.180. The third-order valence-electron chi connectivity index (χ3n) is 3.88. The number of hydrogen-bond acceptors (Lipinski definition) is 6. The van der Waals surface area contributed by atoms with Gasteiger partial charge < -0.3 is 13.9 Å². The first-order valence-corrected chi connectivity index (χ1v) is 12.7. The van der Waals surface area contributed by atoms with Crippen LogP contribution < -0.4 is 9.05 Å². The van der Waals surface area contributed by atoms with E-state index in [-0.39, 0.29) is 18.1 Å². The van der Waals surface area contributed by atoms with E-state index in [4.69, 9.17) is 17.9 Å². The van der Waals surface area contributed by atoms with E-state index in [2.05, 4.69) is 6.92 Å². The van der Waals surface area contributed by atoms with Crippen molar-refractivity contribution >= 4 is 15.6 Å². The van der Waals surface area contributed by atoms with E-state index in [0.29, 0.717) is 6.42 Å². The maximum absolute atomic E-state index is 13.1. The molecule has 2 aromatic rings. The summed E-state index contributed by atoms with van der Waals surface area (Å²) in [5.41, 5.74) is 0. The Bertz CT molecular complexity index is 753. The molecule has 0 heterocycles. The zero-order chi connectivity index (χ0) is 21.0. The molecule has 0 saturated heterocycles. The highest BCUT2D eigenvalue weighted by Gasteiger charge is 2.41. The van der Waals surface area contributed by atoms with Crippen LogP contribution in [-0.4, -0.2) is 11.5 Å². The quantitative estimate of drug-likeness (QED) is 0.256. The van der Waals surface area contributed by atoms with Crippen molar-refractivity contribution in [3.63, 3.8) is 0 Å². The predicted molar refractivity (Wildman–Crippen MR) is 112 cm³/mol. The zero-order valence-electron chi connectivity index (χ0n) is 16.5. The molecule has 9 heteroatoms. The van der Waals surface area contributed by atoms with E-state index < -0.39 is 15.6 Å². The molecule has 2 aromatic carbocycles. The molecule has 7 nitrogen and oxygen atoms in total. The van der Waals surface area contributed by atoms with Gasteiger partial charge in [0.1, 0.15) is 11.5 Å². The van der Waals surface area contributed by atoms with Crippen molar-refractivity contribution in [1.82, 2.24) is 0 Å². The lowest BCUT2D eigenvalue weighted by Crippen LogP contribution is -2.06. The van der Waals surface area contributed by atoms with Crippen molar-refractivity contribution in [1.29, 1.82) is 0 Å². The van der Waals surface area contributed by atoms with Gasteiger partial charge in [-0.1, -0.05) is 75.4 Å². The van der Waals surface area contributed by atoms with Crippen LogP contribution in [0.1, 0.15) is 45.4 Å². The van der Waals surface area contributed by atoms with Crippen LogP contribution in [0.15, 0.2) is 60.7 Å². The lowest BCUT2D eigenvalue weighted by Gasteiger charge is -2.21. The molecule has 0 fully saturated rings. The molecular weight excluding hydrogens is 414 g/mol. The fourth-order valence-corrected chi connectivity index (χ4v) is 5.11. The van der Waals surface area contributed by atoms with Gasteiger partial charge in [0.15, 0.2) is 0 Å². The first-order chi connectivity index (χ1) is 13.9. The maximum Gasteiger partial charge on any atom is 0.596 e. The van der Waals surface area contributed by atoms with Gasteiger partial charge in [-0.2, -0.15) is 4.31 Å². The molecule has 160 valence electrons. The standard InChI is InChI=1S/C20H28O7P2/c1-2-3-4-5-6-13-18-24-28(21,22)27-29(23,25-19-14-9-7-10-15-19)26-20-16-11-8-12-17-20/h7-12,14-17H,2-6,13,18H2,1H3,(H,21,22). The topological polar surface area (TPSA) is 91.3 Å². The molecule has 0 aliphatic carbocycles. The minimum atomic E-state index is -4.66. The summed E-state index contributed by atoms with van der Waals surface area (Å²) in [6.07, 6.45) is 5.93. The Morgan fingerprint density at radius 3 is 1.76 bits per heavy atom. The Hall–Kier alpha value is -1.62. The van der Waals surface area contributed by atoms with E-state index in [1.54, 1.807) is 36.4 Å². The number of phosphoric acid groups is 2. The summed E-state index contributed by atoms with van der Waals surface area (Å²) in [6.45, 7) is 2.15. The molecule has 0 spiro atoms. The zero-order valence-corrected chi connectivity index (χ0v) is 18.3. The minimum Gasteiger partial charge on any atom is -0.395 e. The first-order valence-electron chi connectivity index (χ1n) is 9.70. The van der Waals surface area contributed by atoms with Crippen LogP contribution in [-0.2, 0) is 18.0 Å². The Morgan fingerprint density at radius 2 is 1.24 bits per heavy atom. The highest BCUT2D eigenvalue weighted by molar-refractivity contribution is 7.62. The molecule has 0 aliphatic rings. The molecule has 1 unspecified atom stereocenters. The van der Waals surface area contributed by atoms with Crippen molar-refractivity contribution in [3.8, 4) is 11.5 Å². The van der Waals surface area contributed by atoms with Crippen LogP contribution in [0.5, 0.6) is 11.5 Å². The van der Waals surface area contributed by atoms with Gasteiger partial charge in [0.05, 0.1) is 6.61 Å². The third kappa shape index (κ3) is 9.62. The predicted octanol–water partition coefficient (Wildman–Crippen LogP) is 6.75. The second-order valence-electron chi connectivity index (χ2n) is 6.41. The molecule has 1 atom stereocenters. The molecule has 29 heavy (non-hydrogen) atoms. The Labute approximate surface area is 172 Å². The van der Waals surface area contributed by atoms with Crippen LogP contribution in [0.3, 0.4) is 0 Å². The molecule has 0 amide bonds. The van der Waals surface area contributed by atoms with Gasteiger partial charge in [-0.15, -0.1) is 0 Å². The molecule has 0 aliphatic heterocycles. The molecule has 0 aromatic heterocycles. The van der Waals surface area contributed by atoms with E-state index in [0.717, 1.165) is 25.7 Å². The van der Waals surface area contributed by atoms with Crippen LogP contribution in [0.4, 0.5) is 0 Å². The van der Waals surface area contributed by atoms with Gasteiger partial charge in [0.25, 0.3) is 0 Å². The highest BCUT2D eigenvalue weighted by atomic mass is 31.3. The number of hydrogen-bond donors (Lipinski definition) is 1.